The van der Waals surface area contributed by atoms with E-state index in [0.29, 0.717) is 6.04 Å². The third-order valence-electron chi connectivity index (χ3n) is 3.86. The van der Waals surface area contributed by atoms with Gasteiger partial charge in [0, 0.05) is 25.2 Å². The molecule has 1 saturated carbocycles. The van der Waals surface area contributed by atoms with Gasteiger partial charge in [0.25, 0.3) is 0 Å². The highest BCUT2D eigenvalue weighted by Crippen LogP contribution is 2.23. The van der Waals surface area contributed by atoms with Crippen LogP contribution in [0.3, 0.4) is 0 Å². The van der Waals surface area contributed by atoms with Gasteiger partial charge in [0.15, 0.2) is 0 Å². The molecule has 0 aromatic rings. The van der Waals surface area contributed by atoms with E-state index in [-0.39, 0.29) is 0 Å². The number of nitrogens with one attached hydrogen (secondary N) is 1. The largest absolute Gasteiger partial charge is 0.379 e. The van der Waals surface area contributed by atoms with Crippen LogP contribution in [0.4, 0.5) is 0 Å². The van der Waals surface area contributed by atoms with Gasteiger partial charge in [-0.05, 0) is 19.9 Å². The van der Waals surface area contributed by atoms with Gasteiger partial charge in [-0.1, -0.05) is 19.3 Å². The lowest BCUT2D eigenvalue weighted by Crippen LogP contribution is -2.52. The second-order valence-electron chi connectivity index (χ2n) is 4.75. The van der Waals surface area contributed by atoms with Gasteiger partial charge in [0.1, 0.15) is 0 Å². The molecule has 1 saturated heterocycles. The molecule has 2 fully saturated rings. The summed E-state index contributed by atoms with van der Waals surface area (Å²) in [6.45, 7) is 4.10. The lowest BCUT2D eigenvalue weighted by Gasteiger charge is -2.38. The predicted molar refractivity (Wildman–Crippen MR) is 62.1 cm³/mol. The minimum Gasteiger partial charge on any atom is -0.379 e. The highest BCUT2D eigenvalue weighted by molar-refractivity contribution is 4.86. The van der Waals surface area contributed by atoms with Gasteiger partial charge in [0.05, 0.1) is 13.2 Å². The minimum atomic E-state index is 0.700. The lowest BCUT2D eigenvalue weighted by atomic mass is 10.0. The van der Waals surface area contributed by atoms with Crippen molar-refractivity contribution in [3.63, 3.8) is 0 Å². The van der Waals surface area contributed by atoms with Crippen LogP contribution in [0.5, 0.6) is 0 Å². The molecule has 1 N–H and O–H groups in total. The molecule has 0 amide bonds. The number of nitrogens with zero attached hydrogens (tertiary/aromatic N) is 1. The Morgan fingerprint density at radius 3 is 2.53 bits per heavy atom. The highest BCUT2D eigenvalue weighted by Gasteiger charge is 2.28. The molecule has 0 aromatic heterocycles. The molecule has 0 radical (unpaired) electrons. The highest BCUT2D eigenvalue weighted by atomic mass is 16.5. The first-order valence-corrected chi connectivity index (χ1v) is 6.41. The first kappa shape index (κ1) is 11.4. The molecule has 1 aliphatic carbocycles. The van der Waals surface area contributed by atoms with Crippen LogP contribution in [0.2, 0.25) is 0 Å². The molecular formula is C12H24N2O. The van der Waals surface area contributed by atoms with Crippen LogP contribution in [0.25, 0.3) is 0 Å². The smallest absolute Gasteiger partial charge is 0.0594 e. The van der Waals surface area contributed by atoms with Crippen LogP contribution >= 0.6 is 0 Å². The van der Waals surface area contributed by atoms with Crippen LogP contribution < -0.4 is 5.32 Å². The average molecular weight is 212 g/mol. The van der Waals surface area contributed by atoms with E-state index in [1.54, 1.807) is 0 Å². The van der Waals surface area contributed by atoms with Crippen molar-refractivity contribution in [1.29, 1.82) is 0 Å². The topological polar surface area (TPSA) is 24.5 Å². The second kappa shape index (κ2) is 5.83. The third-order valence-corrected chi connectivity index (χ3v) is 3.86. The molecule has 0 spiro atoms. The monoisotopic (exact) mass is 212 g/mol. The summed E-state index contributed by atoms with van der Waals surface area (Å²) < 4.78 is 5.43. The van der Waals surface area contributed by atoms with Crippen LogP contribution in [-0.2, 0) is 4.74 Å². The Hall–Kier alpha value is -0.120. The Labute approximate surface area is 93.2 Å². The summed E-state index contributed by atoms with van der Waals surface area (Å²) in [5.41, 5.74) is 0. The molecule has 2 aliphatic rings. The average Bonchev–Trinajstić information content (AvgIpc) is 2.55. The Balaban J connectivity index is 1.95. The molecule has 2 unspecified atom stereocenters. The van der Waals surface area contributed by atoms with Crippen molar-refractivity contribution in [2.45, 2.75) is 44.2 Å². The summed E-state index contributed by atoms with van der Waals surface area (Å²) in [6, 6.07) is 1.45. The number of likely N-dealkylation sites (N-methyl/N-ethyl adjacent to an activating group) is 1. The third kappa shape index (κ3) is 2.92. The van der Waals surface area contributed by atoms with Crippen molar-refractivity contribution in [2.24, 2.45) is 0 Å². The quantitative estimate of drug-likeness (QED) is 0.697. The summed E-state index contributed by atoms with van der Waals surface area (Å²) in [5.74, 6) is 0. The Morgan fingerprint density at radius 1 is 1.07 bits per heavy atom. The van der Waals surface area contributed by atoms with Crippen molar-refractivity contribution in [3.8, 4) is 0 Å². The SMILES string of the molecule is CNC1CCCCCC1N1CCOCC1. The molecule has 0 aromatic carbocycles. The zero-order valence-electron chi connectivity index (χ0n) is 9.87. The zero-order valence-corrected chi connectivity index (χ0v) is 9.87. The van der Waals surface area contributed by atoms with Crippen molar-refractivity contribution in [3.05, 3.63) is 0 Å². The van der Waals surface area contributed by atoms with Crippen LogP contribution in [0.1, 0.15) is 32.1 Å². The summed E-state index contributed by atoms with van der Waals surface area (Å²) in [4.78, 5) is 2.63. The number of ether oxygens (including phenoxy) is 1. The van der Waals surface area contributed by atoms with Crippen molar-refractivity contribution in [1.82, 2.24) is 10.2 Å². The molecule has 88 valence electrons. The molecule has 15 heavy (non-hydrogen) atoms. The number of morpholine rings is 1. The van der Waals surface area contributed by atoms with Crippen LogP contribution in [0.15, 0.2) is 0 Å². The molecule has 3 heteroatoms. The fourth-order valence-electron chi connectivity index (χ4n) is 2.97. The predicted octanol–water partition coefficient (Wildman–Crippen LogP) is 1.24. The zero-order chi connectivity index (χ0) is 10.5. The second-order valence-corrected chi connectivity index (χ2v) is 4.75. The summed E-state index contributed by atoms with van der Waals surface area (Å²) >= 11 is 0. The fraction of sp³-hybridized carbons (Fsp3) is 1.00. The summed E-state index contributed by atoms with van der Waals surface area (Å²) in [7, 11) is 2.11. The van der Waals surface area contributed by atoms with Gasteiger partial charge >= 0.3 is 0 Å². The minimum absolute atomic E-state index is 0.700. The van der Waals surface area contributed by atoms with E-state index in [0.717, 1.165) is 32.3 Å². The van der Waals surface area contributed by atoms with Crippen molar-refractivity contribution >= 4 is 0 Å². The first-order chi connectivity index (χ1) is 7.42. The molecular weight excluding hydrogens is 188 g/mol. The van der Waals surface area contributed by atoms with Crippen LogP contribution in [-0.4, -0.2) is 50.3 Å². The van der Waals surface area contributed by atoms with E-state index >= 15 is 0 Å². The van der Waals surface area contributed by atoms with Gasteiger partial charge in [-0.2, -0.15) is 0 Å². The van der Waals surface area contributed by atoms with Crippen molar-refractivity contribution < 1.29 is 4.74 Å². The molecule has 3 nitrogen and oxygen atoms in total. The number of hydrogen-bond donors (Lipinski definition) is 1. The standard InChI is InChI=1S/C12H24N2O/c1-13-11-5-3-2-4-6-12(11)14-7-9-15-10-8-14/h11-13H,2-10H2,1H3. The van der Waals surface area contributed by atoms with E-state index in [9.17, 15) is 0 Å². The Bertz CT molecular complexity index is 180. The Morgan fingerprint density at radius 2 is 1.80 bits per heavy atom. The van der Waals surface area contributed by atoms with E-state index < -0.39 is 0 Å². The van der Waals surface area contributed by atoms with Gasteiger partial charge in [-0.15, -0.1) is 0 Å². The fourth-order valence-corrected chi connectivity index (χ4v) is 2.97. The van der Waals surface area contributed by atoms with E-state index in [4.69, 9.17) is 4.74 Å². The lowest BCUT2D eigenvalue weighted by molar-refractivity contribution is 0.00694. The maximum Gasteiger partial charge on any atom is 0.0594 e. The maximum atomic E-state index is 5.43. The van der Waals surface area contributed by atoms with Gasteiger partial charge in [-0.3, -0.25) is 4.90 Å². The molecule has 1 heterocycles. The Kier molecular flexibility index (Phi) is 4.42. The first-order valence-electron chi connectivity index (χ1n) is 6.41. The van der Waals surface area contributed by atoms with E-state index in [1.165, 1.54) is 32.1 Å². The number of hydrogen-bond acceptors (Lipinski definition) is 3. The molecule has 2 atom stereocenters. The van der Waals surface area contributed by atoms with Gasteiger partial charge in [-0.25, -0.2) is 0 Å². The summed E-state index contributed by atoms with van der Waals surface area (Å²) in [6.07, 6.45) is 6.93. The normalized spacial score (nSPS) is 35.0. The maximum absolute atomic E-state index is 5.43. The molecule has 2 rings (SSSR count). The van der Waals surface area contributed by atoms with Gasteiger partial charge < -0.3 is 10.1 Å². The van der Waals surface area contributed by atoms with E-state index in [2.05, 4.69) is 17.3 Å². The molecule has 0 bridgehead atoms. The van der Waals surface area contributed by atoms with Crippen LogP contribution in [0, 0.1) is 0 Å². The number of rotatable bonds is 2. The van der Waals surface area contributed by atoms with Crippen molar-refractivity contribution in [2.75, 3.05) is 33.4 Å². The summed E-state index contributed by atoms with van der Waals surface area (Å²) in [5, 5.41) is 3.51. The van der Waals surface area contributed by atoms with E-state index in [1.807, 2.05) is 0 Å². The molecule has 1 aliphatic heterocycles. The van der Waals surface area contributed by atoms with Gasteiger partial charge in [0.2, 0.25) is 0 Å².